The SMILES string of the molecule is CCc1c(C)n(Nc2ccccc2)c2cc(OC)c(O)cc12. The van der Waals surface area contributed by atoms with Crippen molar-refractivity contribution in [2.45, 2.75) is 20.3 Å². The van der Waals surface area contributed by atoms with Crippen molar-refractivity contribution in [3.8, 4) is 11.5 Å². The largest absolute Gasteiger partial charge is 0.504 e. The average Bonchev–Trinajstić information content (AvgIpc) is 2.78. The van der Waals surface area contributed by atoms with Crippen LogP contribution in [0.3, 0.4) is 0 Å². The predicted octanol–water partition coefficient (Wildman–Crippen LogP) is 4.10. The highest BCUT2D eigenvalue weighted by Gasteiger charge is 2.16. The molecule has 4 heteroatoms. The van der Waals surface area contributed by atoms with Crippen molar-refractivity contribution in [3.63, 3.8) is 0 Å². The van der Waals surface area contributed by atoms with Crippen LogP contribution in [-0.2, 0) is 6.42 Å². The van der Waals surface area contributed by atoms with Crippen LogP contribution in [-0.4, -0.2) is 16.9 Å². The van der Waals surface area contributed by atoms with Gasteiger partial charge in [0.2, 0.25) is 0 Å². The number of nitrogens with zero attached hydrogens (tertiary/aromatic N) is 1. The zero-order valence-electron chi connectivity index (χ0n) is 13.1. The van der Waals surface area contributed by atoms with Crippen molar-refractivity contribution < 1.29 is 9.84 Å². The van der Waals surface area contributed by atoms with Gasteiger partial charge in [-0.15, -0.1) is 0 Å². The van der Waals surface area contributed by atoms with Gasteiger partial charge in [0.05, 0.1) is 18.3 Å². The third-order valence-electron chi connectivity index (χ3n) is 4.00. The summed E-state index contributed by atoms with van der Waals surface area (Å²) in [6.07, 6.45) is 0.900. The number of aryl methyl sites for hydroxylation is 1. The minimum absolute atomic E-state index is 0.168. The van der Waals surface area contributed by atoms with Crippen molar-refractivity contribution in [3.05, 3.63) is 53.7 Å². The standard InChI is InChI=1S/C18H20N2O2/c1-4-14-12(2)20(19-13-8-6-5-7-9-13)16-11-18(22-3)17(21)10-15(14)16/h5-11,19,21H,4H2,1-3H3. The second-order valence-electron chi connectivity index (χ2n) is 5.27. The highest BCUT2D eigenvalue weighted by atomic mass is 16.5. The second kappa shape index (κ2) is 5.64. The minimum Gasteiger partial charge on any atom is -0.504 e. The molecule has 2 aromatic carbocycles. The molecule has 0 radical (unpaired) electrons. The Balaban J connectivity index is 2.22. The number of hydrogen-bond acceptors (Lipinski definition) is 3. The van der Waals surface area contributed by atoms with Gasteiger partial charge in [-0.05, 0) is 37.1 Å². The molecule has 0 fully saturated rings. The molecular formula is C18H20N2O2. The number of ether oxygens (including phenoxy) is 1. The topological polar surface area (TPSA) is 46.4 Å². The molecular weight excluding hydrogens is 276 g/mol. The molecule has 3 aromatic rings. The molecule has 0 bridgehead atoms. The fourth-order valence-corrected chi connectivity index (χ4v) is 2.89. The van der Waals surface area contributed by atoms with Crippen LogP contribution in [0.1, 0.15) is 18.2 Å². The quantitative estimate of drug-likeness (QED) is 0.762. The lowest BCUT2D eigenvalue weighted by molar-refractivity contribution is 0.374. The highest BCUT2D eigenvalue weighted by molar-refractivity contribution is 5.89. The zero-order valence-corrected chi connectivity index (χ0v) is 13.1. The number of hydrogen-bond donors (Lipinski definition) is 2. The van der Waals surface area contributed by atoms with E-state index in [0.29, 0.717) is 5.75 Å². The van der Waals surface area contributed by atoms with E-state index < -0.39 is 0 Å². The maximum absolute atomic E-state index is 10.1. The van der Waals surface area contributed by atoms with Crippen molar-refractivity contribution >= 4 is 16.6 Å². The lowest BCUT2D eigenvalue weighted by Crippen LogP contribution is -2.10. The number of anilines is 1. The average molecular weight is 296 g/mol. The number of phenolic OH excluding ortho intramolecular Hbond substituents is 1. The smallest absolute Gasteiger partial charge is 0.162 e. The number of nitrogens with one attached hydrogen (secondary N) is 1. The molecule has 0 aliphatic heterocycles. The van der Waals surface area contributed by atoms with E-state index in [0.717, 1.165) is 28.7 Å². The number of aromatic nitrogens is 1. The van der Waals surface area contributed by atoms with Gasteiger partial charge in [-0.3, -0.25) is 10.1 Å². The molecule has 0 saturated carbocycles. The molecule has 2 N–H and O–H groups in total. The van der Waals surface area contributed by atoms with E-state index in [2.05, 4.69) is 19.3 Å². The molecule has 1 heterocycles. The molecule has 0 aliphatic rings. The summed E-state index contributed by atoms with van der Waals surface area (Å²) in [4.78, 5) is 0. The van der Waals surface area contributed by atoms with Gasteiger partial charge in [-0.1, -0.05) is 25.1 Å². The monoisotopic (exact) mass is 296 g/mol. The van der Waals surface area contributed by atoms with Crippen LogP contribution in [0, 0.1) is 6.92 Å². The van der Waals surface area contributed by atoms with Gasteiger partial charge < -0.3 is 9.84 Å². The van der Waals surface area contributed by atoms with Crippen molar-refractivity contribution in [1.29, 1.82) is 0 Å². The van der Waals surface area contributed by atoms with Crippen LogP contribution in [0.4, 0.5) is 5.69 Å². The van der Waals surface area contributed by atoms with E-state index >= 15 is 0 Å². The number of benzene rings is 2. The van der Waals surface area contributed by atoms with Crippen molar-refractivity contribution in [2.24, 2.45) is 0 Å². The molecule has 3 rings (SSSR count). The Labute approximate surface area is 129 Å². The third kappa shape index (κ3) is 2.26. The Morgan fingerprint density at radius 1 is 1.18 bits per heavy atom. The molecule has 0 atom stereocenters. The molecule has 22 heavy (non-hydrogen) atoms. The molecule has 0 amide bonds. The number of fused-ring (bicyclic) bond motifs is 1. The van der Waals surface area contributed by atoms with Crippen molar-refractivity contribution in [2.75, 3.05) is 12.5 Å². The number of rotatable bonds is 4. The molecule has 1 aromatic heterocycles. The fourth-order valence-electron chi connectivity index (χ4n) is 2.89. The van der Waals surface area contributed by atoms with Gasteiger partial charge in [-0.25, -0.2) is 0 Å². The maximum Gasteiger partial charge on any atom is 0.162 e. The van der Waals surface area contributed by atoms with Gasteiger partial charge in [0.15, 0.2) is 11.5 Å². The summed E-state index contributed by atoms with van der Waals surface area (Å²) >= 11 is 0. The second-order valence-corrected chi connectivity index (χ2v) is 5.27. The first-order chi connectivity index (χ1) is 10.7. The minimum atomic E-state index is 0.168. The Kier molecular flexibility index (Phi) is 3.67. The van der Waals surface area contributed by atoms with Crippen LogP contribution < -0.4 is 10.2 Å². The number of aromatic hydroxyl groups is 1. The van der Waals surface area contributed by atoms with E-state index in [1.165, 1.54) is 5.56 Å². The van der Waals surface area contributed by atoms with Crippen LogP contribution in [0.5, 0.6) is 11.5 Å². The Morgan fingerprint density at radius 3 is 2.55 bits per heavy atom. The van der Waals surface area contributed by atoms with Gasteiger partial charge in [0.25, 0.3) is 0 Å². The zero-order chi connectivity index (χ0) is 15.7. The van der Waals surface area contributed by atoms with E-state index in [1.807, 2.05) is 41.1 Å². The van der Waals surface area contributed by atoms with Crippen molar-refractivity contribution in [1.82, 2.24) is 4.68 Å². The number of methoxy groups -OCH3 is 1. The van der Waals surface area contributed by atoms with Gasteiger partial charge in [0, 0.05) is 17.1 Å². The molecule has 0 spiro atoms. The van der Waals surface area contributed by atoms with E-state index in [1.54, 1.807) is 13.2 Å². The fraction of sp³-hybridized carbons (Fsp3) is 0.222. The lowest BCUT2D eigenvalue weighted by atomic mass is 10.1. The van der Waals surface area contributed by atoms with Crippen LogP contribution in [0.25, 0.3) is 10.9 Å². The lowest BCUT2D eigenvalue weighted by Gasteiger charge is -2.12. The maximum atomic E-state index is 10.1. The summed E-state index contributed by atoms with van der Waals surface area (Å²) in [6.45, 7) is 4.20. The number of para-hydroxylation sites is 1. The predicted molar refractivity (Wildman–Crippen MR) is 89.7 cm³/mol. The van der Waals surface area contributed by atoms with E-state index in [9.17, 15) is 5.11 Å². The molecule has 4 nitrogen and oxygen atoms in total. The van der Waals surface area contributed by atoms with Crippen LogP contribution >= 0.6 is 0 Å². The molecule has 0 unspecified atom stereocenters. The molecule has 0 aliphatic carbocycles. The highest BCUT2D eigenvalue weighted by Crippen LogP contribution is 2.35. The normalized spacial score (nSPS) is 10.9. The summed E-state index contributed by atoms with van der Waals surface area (Å²) in [6, 6.07) is 13.7. The van der Waals surface area contributed by atoms with E-state index in [4.69, 9.17) is 4.74 Å². The van der Waals surface area contributed by atoms with Crippen LogP contribution in [0.2, 0.25) is 0 Å². The van der Waals surface area contributed by atoms with Gasteiger partial charge in [0.1, 0.15) is 0 Å². The number of phenols is 1. The van der Waals surface area contributed by atoms with Gasteiger partial charge >= 0.3 is 0 Å². The molecule has 0 saturated heterocycles. The Morgan fingerprint density at radius 2 is 1.91 bits per heavy atom. The Bertz CT molecular complexity index is 807. The Hall–Kier alpha value is -2.62. The first-order valence-corrected chi connectivity index (χ1v) is 7.38. The first-order valence-electron chi connectivity index (χ1n) is 7.38. The first kappa shape index (κ1) is 14.3. The van der Waals surface area contributed by atoms with E-state index in [-0.39, 0.29) is 5.75 Å². The third-order valence-corrected chi connectivity index (χ3v) is 4.00. The molecule has 114 valence electrons. The summed E-state index contributed by atoms with van der Waals surface area (Å²) in [5.41, 5.74) is 7.78. The summed E-state index contributed by atoms with van der Waals surface area (Å²) in [7, 11) is 1.56. The summed E-state index contributed by atoms with van der Waals surface area (Å²) in [5.74, 6) is 0.644. The summed E-state index contributed by atoms with van der Waals surface area (Å²) in [5, 5.41) is 11.1. The van der Waals surface area contributed by atoms with Gasteiger partial charge in [-0.2, -0.15) is 0 Å². The summed E-state index contributed by atoms with van der Waals surface area (Å²) < 4.78 is 7.30. The van der Waals surface area contributed by atoms with Crippen LogP contribution in [0.15, 0.2) is 42.5 Å².